The smallest absolute Gasteiger partial charge is 0.242 e. The number of hydrogen-bond donors (Lipinski definition) is 3. The van der Waals surface area contributed by atoms with Crippen LogP contribution in [0.15, 0.2) is 0 Å². The van der Waals surface area contributed by atoms with Gasteiger partial charge in [-0.3, -0.25) is 14.5 Å². The molecular formula is C14H25N3O3. The summed E-state index contributed by atoms with van der Waals surface area (Å²) in [4.78, 5) is 25.8. The second-order valence-electron chi connectivity index (χ2n) is 5.93. The van der Waals surface area contributed by atoms with Crippen molar-refractivity contribution < 1.29 is 14.7 Å². The minimum atomic E-state index is -0.389. The van der Waals surface area contributed by atoms with Crippen LogP contribution in [0.2, 0.25) is 0 Å². The zero-order valence-electron chi connectivity index (χ0n) is 12.1. The van der Waals surface area contributed by atoms with E-state index in [1.165, 1.54) is 0 Å². The summed E-state index contributed by atoms with van der Waals surface area (Å²) in [5.74, 6) is 0.0846. The topological polar surface area (TPSA) is 81.7 Å². The van der Waals surface area contributed by atoms with Crippen molar-refractivity contribution in [3.8, 4) is 0 Å². The predicted octanol–water partition coefficient (Wildman–Crippen LogP) is -0.526. The number of nitrogens with one attached hydrogen (secondary N) is 2. The van der Waals surface area contributed by atoms with Gasteiger partial charge in [-0.25, -0.2) is 0 Å². The molecule has 0 unspecified atom stereocenters. The number of carbonyl (C=O) groups excluding carboxylic acids is 2. The number of hydrogen-bond acceptors (Lipinski definition) is 4. The van der Waals surface area contributed by atoms with Crippen LogP contribution < -0.4 is 10.6 Å². The highest BCUT2D eigenvalue weighted by Gasteiger charge is 2.28. The monoisotopic (exact) mass is 283 g/mol. The first kappa shape index (κ1) is 15.3. The molecule has 0 spiro atoms. The Morgan fingerprint density at radius 2 is 2.30 bits per heavy atom. The summed E-state index contributed by atoms with van der Waals surface area (Å²) in [5.41, 5.74) is 0. The van der Waals surface area contributed by atoms with Gasteiger partial charge in [-0.15, -0.1) is 0 Å². The van der Waals surface area contributed by atoms with Crippen molar-refractivity contribution in [3.05, 3.63) is 0 Å². The number of likely N-dealkylation sites (tertiary alicyclic amines) is 1. The zero-order chi connectivity index (χ0) is 14.5. The van der Waals surface area contributed by atoms with Gasteiger partial charge in [0.2, 0.25) is 11.8 Å². The number of rotatable bonds is 4. The molecule has 6 nitrogen and oxygen atoms in total. The Bertz CT molecular complexity index is 360. The van der Waals surface area contributed by atoms with Crippen molar-refractivity contribution in [2.45, 2.75) is 44.8 Å². The van der Waals surface area contributed by atoms with Crippen molar-refractivity contribution in [1.82, 2.24) is 15.5 Å². The maximum absolute atomic E-state index is 12.0. The summed E-state index contributed by atoms with van der Waals surface area (Å²) >= 11 is 0. The Hall–Kier alpha value is -1.14. The van der Waals surface area contributed by atoms with Gasteiger partial charge in [0.1, 0.15) is 6.04 Å². The van der Waals surface area contributed by atoms with Gasteiger partial charge >= 0.3 is 0 Å². The lowest BCUT2D eigenvalue weighted by Crippen LogP contribution is -2.48. The van der Waals surface area contributed by atoms with E-state index in [9.17, 15) is 14.7 Å². The van der Waals surface area contributed by atoms with E-state index in [4.69, 9.17) is 0 Å². The molecule has 114 valence electrons. The lowest BCUT2D eigenvalue weighted by atomic mass is 10.0. The predicted molar refractivity (Wildman–Crippen MR) is 75.0 cm³/mol. The average Bonchev–Trinajstić information content (AvgIpc) is 2.76. The number of amides is 2. The van der Waals surface area contributed by atoms with Crippen LogP contribution in [0.1, 0.15) is 32.6 Å². The van der Waals surface area contributed by atoms with Crippen molar-refractivity contribution in [3.63, 3.8) is 0 Å². The minimum absolute atomic E-state index is 0.0703. The first-order valence-electron chi connectivity index (χ1n) is 7.54. The SMILES string of the molecule is C[C@H](O)[C@H]1CCN(CC(=O)N[C@H]2CCCCNC2=O)C1. The Kier molecular flexibility index (Phi) is 5.37. The molecule has 20 heavy (non-hydrogen) atoms. The highest BCUT2D eigenvalue weighted by molar-refractivity contribution is 5.88. The number of aliphatic hydroxyl groups excluding tert-OH is 1. The highest BCUT2D eigenvalue weighted by Crippen LogP contribution is 2.19. The van der Waals surface area contributed by atoms with Gasteiger partial charge in [0, 0.05) is 13.1 Å². The average molecular weight is 283 g/mol. The molecule has 0 radical (unpaired) electrons. The fourth-order valence-corrected chi connectivity index (χ4v) is 2.92. The second kappa shape index (κ2) is 7.04. The van der Waals surface area contributed by atoms with Crippen molar-refractivity contribution in [2.24, 2.45) is 5.92 Å². The van der Waals surface area contributed by atoms with E-state index in [1.54, 1.807) is 6.92 Å². The quantitative estimate of drug-likeness (QED) is 0.648. The van der Waals surface area contributed by atoms with Crippen LogP contribution in [0.5, 0.6) is 0 Å². The molecule has 2 amide bonds. The molecule has 3 atom stereocenters. The van der Waals surface area contributed by atoms with E-state index >= 15 is 0 Å². The summed E-state index contributed by atoms with van der Waals surface area (Å²) < 4.78 is 0. The molecule has 0 aromatic heterocycles. The Morgan fingerprint density at radius 3 is 3.00 bits per heavy atom. The molecule has 2 saturated heterocycles. The molecular weight excluding hydrogens is 258 g/mol. The molecule has 0 saturated carbocycles. The van der Waals surface area contributed by atoms with Crippen molar-refractivity contribution >= 4 is 11.8 Å². The van der Waals surface area contributed by atoms with Crippen molar-refractivity contribution in [2.75, 3.05) is 26.2 Å². The van der Waals surface area contributed by atoms with Gasteiger partial charge in [-0.05, 0) is 45.1 Å². The van der Waals surface area contributed by atoms with Crippen LogP contribution in [0, 0.1) is 5.92 Å². The lowest BCUT2D eigenvalue weighted by molar-refractivity contribution is -0.129. The van der Waals surface area contributed by atoms with Crippen LogP contribution >= 0.6 is 0 Å². The summed E-state index contributed by atoms with van der Waals surface area (Å²) in [6, 6.07) is -0.389. The summed E-state index contributed by atoms with van der Waals surface area (Å²) in [5, 5.41) is 15.2. The van der Waals surface area contributed by atoms with Gasteiger partial charge in [-0.1, -0.05) is 0 Å². The first-order valence-corrected chi connectivity index (χ1v) is 7.54. The Balaban J connectivity index is 1.76. The molecule has 2 rings (SSSR count). The fourth-order valence-electron chi connectivity index (χ4n) is 2.92. The summed E-state index contributed by atoms with van der Waals surface area (Å²) in [7, 11) is 0. The molecule has 6 heteroatoms. The molecule has 2 aliphatic rings. The Morgan fingerprint density at radius 1 is 1.50 bits per heavy atom. The zero-order valence-corrected chi connectivity index (χ0v) is 12.1. The number of nitrogens with zero attached hydrogens (tertiary/aromatic N) is 1. The van der Waals surface area contributed by atoms with E-state index in [-0.39, 0.29) is 29.9 Å². The molecule has 0 aliphatic carbocycles. The maximum atomic E-state index is 12.0. The van der Waals surface area contributed by atoms with E-state index in [0.717, 1.165) is 32.4 Å². The van der Waals surface area contributed by atoms with Crippen LogP contribution in [0.25, 0.3) is 0 Å². The third-order valence-electron chi connectivity index (χ3n) is 4.23. The third kappa shape index (κ3) is 4.18. The third-order valence-corrected chi connectivity index (χ3v) is 4.23. The number of aliphatic hydroxyl groups is 1. The molecule has 0 aromatic carbocycles. The summed E-state index contributed by atoms with van der Waals surface area (Å²) in [6.07, 6.45) is 3.25. The maximum Gasteiger partial charge on any atom is 0.242 e. The molecule has 2 fully saturated rings. The molecule has 0 aromatic rings. The second-order valence-corrected chi connectivity index (χ2v) is 5.93. The van der Waals surface area contributed by atoms with Gasteiger partial charge in [0.15, 0.2) is 0 Å². The van der Waals surface area contributed by atoms with E-state index in [0.29, 0.717) is 19.5 Å². The highest BCUT2D eigenvalue weighted by atomic mass is 16.3. The van der Waals surface area contributed by atoms with E-state index in [1.807, 2.05) is 4.90 Å². The van der Waals surface area contributed by atoms with Crippen molar-refractivity contribution in [1.29, 1.82) is 0 Å². The molecule has 2 heterocycles. The van der Waals surface area contributed by atoms with Gasteiger partial charge in [0.05, 0.1) is 12.6 Å². The largest absolute Gasteiger partial charge is 0.393 e. The molecule has 0 bridgehead atoms. The van der Waals surface area contributed by atoms with Gasteiger partial charge in [-0.2, -0.15) is 0 Å². The van der Waals surface area contributed by atoms with Gasteiger partial charge in [0.25, 0.3) is 0 Å². The minimum Gasteiger partial charge on any atom is -0.393 e. The van der Waals surface area contributed by atoms with Crippen LogP contribution in [-0.4, -0.2) is 60.1 Å². The van der Waals surface area contributed by atoms with E-state index in [2.05, 4.69) is 10.6 Å². The summed E-state index contributed by atoms with van der Waals surface area (Å²) in [6.45, 7) is 4.40. The van der Waals surface area contributed by atoms with E-state index < -0.39 is 0 Å². The Labute approximate surface area is 119 Å². The lowest BCUT2D eigenvalue weighted by Gasteiger charge is -2.19. The van der Waals surface area contributed by atoms with Gasteiger partial charge < -0.3 is 15.7 Å². The fraction of sp³-hybridized carbons (Fsp3) is 0.857. The molecule has 3 N–H and O–H groups in total. The number of carbonyl (C=O) groups is 2. The van der Waals surface area contributed by atoms with Crippen LogP contribution in [-0.2, 0) is 9.59 Å². The molecule has 2 aliphatic heterocycles. The van der Waals surface area contributed by atoms with Crippen LogP contribution in [0.4, 0.5) is 0 Å². The van der Waals surface area contributed by atoms with Crippen LogP contribution in [0.3, 0.4) is 0 Å². The normalized spacial score (nSPS) is 29.6. The first-order chi connectivity index (χ1) is 9.56. The standard InChI is InChI=1S/C14H25N3O3/c1-10(18)11-5-7-17(8-11)9-13(19)16-12-4-2-3-6-15-14(12)20/h10-12,18H,2-9H2,1H3,(H,15,20)(H,16,19)/t10-,11-,12-/m0/s1.